The molecule has 1 aliphatic heterocycles. The number of aliphatic carboxylic acids is 1. The molecule has 0 aliphatic carbocycles. The molecule has 0 radical (unpaired) electrons. The van der Waals surface area contributed by atoms with Crippen LogP contribution in [0, 0.1) is 0 Å². The summed E-state index contributed by atoms with van der Waals surface area (Å²) in [5, 5.41) is 12.3. The van der Waals surface area contributed by atoms with Gasteiger partial charge in [0.15, 0.2) is 0 Å². The molecule has 2 N–H and O–H groups in total. The number of benzene rings is 2. The van der Waals surface area contributed by atoms with Gasteiger partial charge in [0.25, 0.3) is 0 Å². The summed E-state index contributed by atoms with van der Waals surface area (Å²) in [5.74, 6) is -1.64. The molecule has 28 heavy (non-hydrogen) atoms. The molecule has 6 nitrogen and oxygen atoms in total. The molecule has 8 heteroatoms. The number of nitrogens with one attached hydrogen (secondary N) is 1. The van der Waals surface area contributed by atoms with E-state index in [0.29, 0.717) is 15.7 Å². The Balaban J connectivity index is 1.56. The first-order valence-electron chi connectivity index (χ1n) is 8.69. The minimum Gasteiger partial charge on any atom is -0.478 e. The van der Waals surface area contributed by atoms with Crippen molar-refractivity contribution in [2.24, 2.45) is 0 Å². The van der Waals surface area contributed by atoms with E-state index in [-0.39, 0.29) is 0 Å². The Morgan fingerprint density at radius 1 is 0.857 bits per heavy atom. The molecule has 2 aromatic rings. The zero-order valence-electron chi connectivity index (χ0n) is 14.9. The first-order chi connectivity index (χ1) is 13.4. The van der Waals surface area contributed by atoms with Crippen LogP contribution in [0.5, 0.6) is 0 Å². The second-order valence-electron chi connectivity index (χ2n) is 6.28. The predicted molar refractivity (Wildman–Crippen MR) is 113 cm³/mol. The van der Waals surface area contributed by atoms with Crippen LogP contribution in [0.4, 0.5) is 17.1 Å². The van der Waals surface area contributed by atoms with Crippen LogP contribution in [0.25, 0.3) is 0 Å². The fraction of sp³-hybridized carbons (Fsp3) is 0.200. The lowest BCUT2D eigenvalue weighted by molar-refractivity contribution is -0.131. The molecular formula is C20H19Cl2N3O3. The molecule has 0 saturated carbocycles. The molecular weight excluding hydrogens is 401 g/mol. The predicted octanol–water partition coefficient (Wildman–Crippen LogP) is 3.90. The second-order valence-corrected chi connectivity index (χ2v) is 7.09. The summed E-state index contributed by atoms with van der Waals surface area (Å²) in [5.41, 5.74) is 2.73. The zero-order chi connectivity index (χ0) is 20.1. The van der Waals surface area contributed by atoms with Gasteiger partial charge in [-0.25, -0.2) is 4.79 Å². The average Bonchev–Trinajstić information content (AvgIpc) is 2.69. The topological polar surface area (TPSA) is 72.9 Å². The standard InChI is InChI=1S/C20H19Cl2N3O3/c21-17-6-5-16(13-18(17)22)25-11-9-24(10-12-25)15-3-1-14(2-4-15)23-19(26)7-8-20(27)28/h1-8,13H,9-12H2,(H,23,26)(H,27,28)/b8-7+. The largest absolute Gasteiger partial charge is 0.478 e. The molecule has 1 heterocycles. The van der Waals surface area contributed by atoms with Crippen molar-refractivity contribution in [3.05, 3.63) is 64.7 Å². The maximum atomic E-state index is 11.6. The van der Waals surface area contributed by atoms with Crippen molar-refractivity contribution in [3.63, 3.8) is 0 Å². The Bertz CT molecular complexity index is 892. The zero-order valence-corrected chi connectivity index (χ0v) is 16.5. The number of nitrogens with zero attached hydrogens (tertiary/aromatic N) is 2. The third kappa shape index (κ3) is 5.18. The van der Waals surface area contributed by atoms with Crippen molar-refractivity contribution < 1.29 is 14.7 Å². The van der Waals surface area contributed by atoms with E-state index in [1.54, 1.807) is 12.1 Å². The molecule has 1 aliphatic rings. The van der Waals surface area contributed by atoms with Gasteiger partial charge in [0, 0.05) is 55.4 Å². The van der Waals surface area contributed by atoms with Crippen LogP contribution in [-0.2, 0) is 9.59 Å². The van der Waals surface area contributed by atoms with E-state index in [0.717, 1.165) is 49.7 Å². The van der Waals surface area contributed by atoms with Crippen LogP contribution in [0.1, 0.15) is 0 Å². The highest BCUT2D eigenvalue weighted by Gasteiger charge is 2.18. The number of amides is 1. The highest BCUT2D eigenvalue weighted by atomic mass is 35.5. The van der Waals surface area contributed by atoms with Crippen molar-refractivity contribution in [3.8, 4) is 0 Å². The summed E-state index contributed by atoms with van der Waals surface area (Å²) in [6, 6.07) is 13.1. The molecule has 146 valence electrons. The Morgan fingerprint density at radius 2 is 1.43 bits per heavy atom. The van der Waals surface area contributed by atoms with Crippen LogP contribution in [0.3, 0.4) is 0 Å². The van der Waals surface area contributed by atoms with Crippen LogP contribution in [-0.4, -0.2) is 43.2 Å². The van der Waals surface area contributed by atoms with E-state index < -0.39 is 11.9 Å². The Labute approximate surface area is 173 Å². The molecule has 0 bridgehead atoms. The van der Waals surface area contributed by atoms with Crippen LogP contribution in [0.2, 0.25) is 10.0 Å². The first-order valence-corrected chi connectivity index (χ1v) is 9.45. The van der Waals surface area contributed by atoms with Gasteiger partial charge in [-0.2, -0.15) is 0 Å². The minimum absolute atomic E-state index is 0.481. The van der Waals surface area contributed by atoms with E-state index in [2.05, 4.69) is 15.1 Å². The fourth-order valence-corrected chi connectivity index (χ4v) is 3.28. The van der Waals surface area contributed by atoms with Gasteiger partial charge in [-0.1, -0.05) is 23.2 Å². The van der Waals surface area contributed by atoms with Crippen molar-refractivity contribution in [1.82, 2.24) is 0 Å². The first kappa shape index (κ1) is 20.0. The summed E-state index contributed by atoms with van der Waals surface area (Å²) < 4.78 is 0. The monoisotopic (exact) mass is 419 g/mol. The van der Waals surface area contributed by atoms with Gasteiger partial charge >= 0.3 is 5.97 Å². The summed E-state index contributed by atoms with van der Waals surface area (Å²) >= 11 is 12.1. The quantitative estimate of drug-likeness (QED) is 0.718. The SMILES string of the molecule is O=C(O)/C=C/C(=O)Nc1ccc(N2CCN(c3ccc(Cl)c(Cl)c3)CC2)cc1. The van der Waals surface area contributed by atoms with Gasteiger partial charge < -0.3 is 20.2 Å². The van der Waals surface area contributed by atoms with Crippen LogP contribution < -0.4 is 15.1 Å². The Kier molecular flexibility index (Phi) is 6.44. The normalized spacial score (nSPS) is 14.4. The van der Waals surface area contributed by atoms with Crippen molar-refractivity contribution in [1.29, 1.82) is 0 Å². The molecule has 1 fully saturated rings. The van der Waals surface area contributed by atoms with Crippen LogP contribution >= 0.6 is 23.2 Å². The number of hydrogen-bond acceptors (Lipinski definition) is 4. The molecule has 0 unspecified atom stereocenters. The van der Waals surface area contributed by atoms with E-state index in [9.17, 15) is 9.59 Å². The molecule has 2 aromatic carbocycles. The number of anilines is 3. The van der Waals surface area contributed by atoms with Crippen molar-refractivity contribution >= 4 is 52.1 Å². The number of carboxylic acid groups (broad SMARTS) is 1. The molecule has 3 rings (SSSR count). The number of carboxylic acids is 1. The maximum absolute atomic E-state index is 11.6. The highest BCUT2D eigenvalue weighted by Crippen LogP contribution is 2.28. The lowest BCUT2D eigenvalue weighted by Crippen LogP contribution is -2.46. The molecule has 1 saturated heterocycles. The van der Waals surface area contributed by atoms with Crippen molar-refractivity contribution in [2.45, 2.75) is 0 Å². The van der Waals surface area contributed by atoms with Gasteiger partial charge in [0.1, 0.15) is 0 Å². The summed E-state index contributed by atoms with van der Waals surface area (Å²) in [7, 11) is 0. The minimum atomic E-state index is -1.16. The number of rotatable bonds is 5. The van der Waals surface area contributed by atoms with Gasteiger partial charge in [0.2, 0.25) is 5.91 Å². The molecule has 1 amide bonds. The fourth-order valence-electron chi connectivity index (χ4n) is 2.99. The second kappa shape index (κ2) is 8.99. The molecule has 0 spiro atoms. The number of carbonyl (C=O) groups is 2. The van der Waals surface area contributed by atoms with Gasteiger partial charge in [-0.15, -0.1) is 0 Å². The highest BCUT2D eigenvalue weighted by molar-refractivity contribution is 6.42. The average molecular weight is 420 g/mol. The number of carbonyl (C=O) groups excluding carboxylic acids is 1. The summed E-state index contributed by atoms with van der Waals surface area (Å²) in [4.78, 5) is 26.6. The van der Waals surface area contributed by atoms with E-state index in [1.165, 1.54) is 0 Å². The maximum Gasteiger partial charge on any atom is 0.328 e. The van der Waals surface area contributed by atoms with Gasteiger partial charge in [0.05, 0.1) is 10.0 Å². The number of halogens is 2. The Hall–Kier alpha value is -2.70. The van der Waals surface area contributed by atoms with Gasteiger partial charge in [-0.3, -0.25) is 4.79 Å². The Morgan fingerprint density at radius 3 is 2.00 bits per heavy atom. The third-order valence-electron chi connectivity index (χ3n) is 4.43. The van der Waals surface area contributed by atoms with E-state index >= 15 is 0 Å². The smallest absolute Gasteiger partial charge is 0.328 e. The van der Waals surface area contributed by atoms with E-state index in [1.807, 2.05) is 30.3 Å². The molecule has 0 atom stereocenters. The lowest BCUT2D eigenvalue weighted by Gasteiger charge is -2.37. The van der Waals surface area contributed by atoms with Gasteiger partial charge in [-0.05, 0) is 42.5 Å². The summed E-state index contributed by atoms with van der Waals surface area (Å²) in [6.07, 6.45) is 1.79. The molecule has 0 aromatic heterocycles. The van der Waals surface area contributed by atoms with Crippen LogP contribution in [0.15, 0.2) is 54.6 Å². The lowest BCUT2D eigenvalue weighted by atomic mass is 10.2. The third-order valence-corrected chi connectivity index (χ3v) is 5.16. The summed E-state index contributed by atoms with van der Waals surface area (Å²) in [6.45, 7) is 3.42. The van der Waals surface area contributed by atoms with Crippen molar-refractivity contribution in [2.75, 3.05) is 41.3 Å². The number of hydrogen-bond donors (Lipinski definition) is 2. The number of piperazine rings is 1. The van der Waals surface area contributed by atoms with E-state index in [4.69, 9.17) is 28.3 Å².